The molecule has 1 spiro atoms. The van der Waals surface area contributed by atoms with Gasteiger partial charge in [0.25, 0.3) is 0 Å². The molecule has 1 aromatic rings. The van der Waals surface area contributed by atoms with Crippen molar-refractivity contribution < 1.29 is 42.7 Å². The van der Waals surface area contributed by atoms with E-state index in [-0.39, 0.29) is 19.2 Å². The lowest BCUT2D eigenvalue weighted by molar-refractivity contribution is -0.315. The Bertz CT molecular complexity index is 764. The number of carbonyl (C=O) groups excluding carboxylic acids is 1. The molecular weight excluding hydrogens is 408 g/mol. The fourth-order valence-electron chi connectivity index (χ4n) is 3.69. The van der Waals surface area contributed by atoms with Gasteiger partial charge in [-0.15, -0.1) is 0 Å². The van der Waals surface area contributed by atoms with Crippen LogP contribution < -0.4 is 0 Å². The highest BCUT2D eigenvalue weighted by Crippen LogP contribution is 2.46. The zero-order valence-corrected chi connectivity index (χ0v) is 18.5. The van der Waals surface area contributed by atoms with Gasteiger partial charge in [-0.2, -0.15) is 0 Å². The highest BCUT2D eigenvalue weighted by Gasteiger charge is 2.64. The maximum atomic E-state index is 11.4. The van der Waals surface area contributed by atoms with Crippen molar-refractivity contribution in [3.05, 3.63) is 47.9 Å². The molecule has 0 aliphatic carbocycles. The highest BCUT2D eigenvalue weighted by atomic mass is 16.8. The molecule has 9 nitrogen and oxygen atoms in total. The average molecular weight is 438 g/mol. The van der Waals surface area contributed by atoms with Gasteiger partial charge in [0, 0.05) is 21.1 Å². The van der Waals surface area contributed by atoms with Gasteiger partial charge in [-0.3, -0.25) is 4.79 Å². The third-order valence-corrected chi connectivity index (χ3v) is 4.96. The summed E-state index contributed by atoms with van der Waals surface area (Å²) in [5.41, 5.74) is -0.178. The van der Waals surface area contributed by atoms with Gasteiger partial charge in [-0.05, 0) is 19.4 Å². The van der Waals surface area contributed by atoms with Crippen LogP contribution in [-0.2, 0) is 49.3 Å². The van der Waals surface area contributed by atoms with E-state index in [0.29, 0.717) is 6.61 Å². The van der Waals surface area contributed by atoms with Gasteiger partial charge in [0.05, 0.1) is 13.2 Å². The van der Waals surface area contributed by atoms with Crippen LogP contribution >= 0.6 is 0 Å². The summed E-state index contributed by atoms with van der Waals surface area (Å²) in [5, 5.41) is 0. The van der Waals surface area contributed by atoms with Crippen molar-refractivity contribution in [1.82, 2.24) is 0 Å². The molecule has 0 bridgehead atoms. The van der Waals surface area contributed by atoms with Gasteiger partial charge in [0.2, 0.25) is 6.29 Å². The summed E-state index contributed by atoms with van der Waals surface area (Å²) >= 11 is 0. The lowest BCUT2D eigenvalue weighted by Crippen LogP contribution is -2.66. The number of esters is 1. The van der Waals surface area contributed by atoms with E-state index in [1.165, 1.54) is 27.4 Å². The summed E-state index contributed by atoms with van der Waals surface area (Å²) in [7, 11) is 3.00. The Hall–Kier alpha value is -2.01. The van der Waals surface area contributed by atoms with Gasteiger partial charge in [0.15, 0.2) is 29.4 Å². The quantitative estimate of drug-likeness (QED) is 0.345. The normalized spacial score (nSPS) is 31.0. The minimum atomic E-state index is -1.15. The van der Waals surface area contributed by atoms with Crippen LogP contribution in [-0.4, -0.2) is 63.5 Å². The number of rotatable bonds is 8. The van der Waals surface area contributed by atoms with E-state index in [1.807, 2.05) is 30.3 Å². The summed E-state index contributed by atoms with van der Waals surface area (Å²) in [4.78, 5) is 11.4. The second-order valence-corrected chi connectivity index (χ2v) is 7.77. The third kappa shape index (κ3) is 5.43. The van der Waals surface area contributed by atoms with E-state index in [1.54, 1.807) is 13.8 Å². The average Bonchev–Trinajstić information content (AvgIpc) is 3.06. The van der Waals surface area contributed by atoms with Crippen molar-refractivity contribution in [2.45, 2.75) is 57.3 Å². The monoisotopic (exact) mass is 438 g/mol. The second-order valence-electron chi connectivity index (χ2n) is 7.77. The molecule has 2 saturated heterocycles. The lowest BCUT2D eigenvalue weighted by atomic mass is 9.86. The summed E-state index contributed by atoms with van der Waals surface area (Å²) in [6, 6.07) is 9.71. The van der Waals surface area contributed by atoms with Crippen LogP contribution in [0, 0.1) is 0 Å². The van der Waals surface area contributed by atoms with E-state index in [0.717, 1.165) is 5.56 Å². The Morgan fingerprint density at radius 1 is 1.19 bits per heavy atom. The van der Waals surface area contributed by atoms with Crippen LogP contribution in [0.2, 0.25) is 0 Å². The predicted octanol–water partition coefficient (Wildman–Crippen LogP) is 2.49. The molecule has 0 radical (unpaired) electrons. The third-order valence-electron chi connectivity index (χ3n) is 4.96. The van der Waals surface area contributed by atoms with Crippen LogP contribution in [0.25, 0.3) is 0 Å². The van der Waals surface area contributed by atoms with Crippen molar-refractivity contribution in [2.24, 2.45) is 0 Å². The fourth-order valence-corrected chi connectivity index (χ4v) is 3.69. The Morgan fingerprint density at radius 3 is 2.52 bits per heavy atom. The first-order chi connectivity index (χ1) is 14.8. The molecule has 0 amide bonds. The molecule has 2 heterocycles. The molecule has 4 atom stereocenters. The van der Waals surface area contributed by atoms with E-state index in [2.05, 4.69) is 0 Å². The summed E-state index contributed by atoms with van der Waals surface area (Å²) in [6.45, 7) is 5.26. The van der Waals surface area contributed by atoms with Crippen molar-refractivity contribution >= 4 is 5.97 Å². The molecule has 0 N–H and O–H groups in total. The van der Waals surface area contributed by atoms with Crippen LogP contribution in [0.3, 0.4) is 0 Å². The summed E-state index contributed by atoms with van der Waals surface area (Å²) < 4.78 is 46.3. The first-order valence-corrected chi connectivity index (χ1v) is 9.98. The number of hydrogen-bond donors (Lipinski definition) is 0. The van der Waals surface area contributed by atoms with Crippen molar-refractivity contribution in [3.63, 3.8) is 0 Å². The fraction of sp³-hybridized carbons (Fsp3) is 0.591. The number of benzene rings is 1. The van der Waals surface area contributed by atoms with Crippen molar-refractivity contribution in [3.8, 4) is 0 Å². The highest BCUT2D eigenvalue weighted by molar-refractivity contribution is 5.66. The molecule has 9 heteroatoms. The Morgan fingerprint density at radius 2 is 1.94 bits per heavy atom. The van der Waals surface area contributed by atoms with Crippen molar-refractivity contribution in [1.29, 1.82) is 0 Å². The van der Waals surface area contributed by atoms with E-state index < -0.39 is 35.9 Å². The Balaban J connectivity index is 1.98. The van der Waals surface area contributed by atoms with Crippen LogP contribution in [0.1, 0.15) is 26.3 Å². The van der Waals surface area contributed by atoms with Gasteiger partial charge in [-0.1, -0.05) is 30.3 Å². The second kappa shape index (κ2) is 10.1. The van der Waals surface area contributed by atoms with Crippen molar-refractivity contribution in [2.75, 3.05) is 27.6 Å². The van der Waals surface area contributed by atoms with Gasteiger partial charge in [-0.25, -0.2) is 0 Å². The number of hydrogen-bond acceptors (Lipinski definition) is 9. The molecule has 0 saturated carbocycles. The van der Waals surface area contributed by atoms with Crippen LogP contribution in [0.4, 0.5) is 0 Å². The van der Waals surface area contributed by atoms with Crippen LogP contribution in [0.5, 0.6) is 0 Å². The molecular formula is C22H30O9. The minimum absolute atomic E-state index is 0.0555. The molecule has 0 aromatic heterocycles. The topological polar surface area (TPSA) is 90.9 Å². The van der Waals surface area contributed by atoms with E-state index in [9.17, 15) is 4.79 Å². The lowest BCUT2D eigenvalue weighted by Gasteiger charge is -2.48. The molecule has 2 aliphatic heterocycles. The molecule has 1 aromatic carbocycles. The zero-order valence-electron chi connectivity index (χ0n) is 18.5. The molecule has 172 valence electrons. The molecule has 31 heavy (non-hydrogen) atoms. The summed E-state index contributed by atoms with van der Waals surface area (Å²) in [6.07, 6.45) is -1.25. The maximum absolute atomic E-state index is 11.4. The number of carbonyl (C=O) groups is 1. The number of ether oxygens (including phenoxy) is 8. The smallest absolute Gasteiger partial charge is 0.307 e. The standard InChI is InChI=1S/C22H30O9/c1-15(23)26-12-17-18(28-14-24-4)22(13-29-21(2,3)31-22)19(20(25-5)30-17)27-11-16-9-7-6-8-10-16/h6-10,12,18-20H,11,13-14H2,1-5H3/b17-12-/t18-,19+,20+,22+/m1/s1. The minimum Gasteiger partial charge on any atom is -0.460 e. The maximum Gasteiger partial charge on any atom is 0.307 e. The van der Waals surface area contributed by atoms with Gasteiger partial charge >= 0.3 is 5.97 Å². The SMILES string of the molecule is COCO[C@@H]1/C(=C/OC(C)=O)O[C@H](OC)[C@H](OCc2ccccc2)[C@]12COC(C)(C)O2. The Kier molecular flexibility index (Phi) is 7.68. The molecule has 2 fully saturated rings. The number of methoxy groups -OCH3 is 2. The van der Waals surface area contributed by atoms with Gasteiger partial charge in [0.1, 0.15) is 13.1 Å². The van der Waals surface area contributed by atoms with Crippen LogP contribution in [0.15, 0.2) is 42.4 Å². The first kappa shape index (κ1) is 23.6. The largest absolute Gasteiger partial charge is 0.460 e. The van der Waals surface area contributed by atoms with E-state index >= 15 is 0 Å². The van der Waals surface area contributed by atoms with E-state index in [4.69, 9.17) is 37.9 Å². The predicted molar refractivity (Wildman–Crippen MR) is 107 cm³/mol. The molecule has 3 rings (SSSR count). The Labute approximate surface area is 182 Å². The van der Waals surface area contributed by atoms with Gasteiger partial charge < -0.3 is 37.9 Å². The molecule has 2 aliphatic rings. The summed E-state index contributed by atoms with van der Waals surface area (Å²) in [5.74, 6) is -1.21. The first-order valence-electron chi connectivity index (χ1n) is 9.98. The zero-order chi connectivity index (χ0) is 22.5. The molecule has 0 unspecified atom stereocenters.